The zero-order valence-electron chi connectivity index (χ0n) is 13.4. The fourth-order valence-electron chi connectivity index (χ4n) is 2.38. The van der Waals surface area contributed by atoms with Crippen LogP contribution in [0.1, 0.15) is 40.5 Å². The van der Waals surface area contributed by atoms with Gasteiger partial charge in [-0.2, -0.15) is 0 Å². The second kappa shape index (κ2) is 6.98. The van der Waals surface area contributed by atoms with E-state index >= 15 is 0 Å². The Bertz CT molecular complexity index is 569. The monoisotopic (exact) mass is 309 g/mol. The summed E-state index contributed by atoms with van der Waals surface area (Å²) in [6, 6.07) is 0. The van der Waals surface area contributed by atoms with E-state index in [2.05, 4.69) is 5.32 Å². The van der Waals surface area contributed by atoms with Gasteiger partial charge in [0.05, 0.1) is 12.1 Å². The molecule has 1 atom stereocenters. The highest BCUT2D eigenvalue weighted by Crippen LogP contribution is 2.28. The molecule has 0 aromatic carbocycles. The molecule has 1 aliphatic carbocycles. The first-order chi connectivity index (χ1) is 10.1. The van der Waals surface area contributed by atoms with E-state index in [1.54, 1.807) is 27.7 Å². The van der Waals surface area contributed by atoms with E-state index in [9.17, 15) is 19.5 Å². The van der Waals surface area contributed by atoms with Crippen molar-refractivity contribution in [3.05, 3.63) is 22.3 Å². The average Bonchev–Trinajstić information content (AvgIpc) is 2.42. The Morgan fingerprint density at radius 1 is 1.09 bits per heavy atom. The summed E-state index contributed by atoms with van der Waals surface area (Å²) >= 11 is 0. The van der Waals surface area contributed by atoms with Crippen LogP contribution in [-0.4, -0.2) is 46.4 Å². The van der Waals surface area contributed by atoms with Gasteiger partial charge < -0.3 is 15.5 Å². The number of carboxylic acid groups (broad SMARTS) is 1. The molecule has 122 valence electrons. The molecule has 3 N–H and O–H groups in total. The molecule has 0 heterocycles. The lowest BCUT2D eigenvalue weighted by Crippen LogP contribution is -2.40. The standard InChI is InChI=1S/C16H23NO5/c1-9-10(2)15(21)12(11(3)14(9)20)5-6-16(4,22)8-17-7-13(18)19/h17,22H,5-8H2,1-4H3,(H,18,19). The van der Waals surface area contributed by atoms with Gasteiger partial charge in [-0.3, -0.25) is 14.4 Å². The molecule has 1 rings (SSSR count). The summed E-state index contributed by atoms with van der Waals surface area (Å²) in [5.41, 5.74) is 0.639. The van der Waals surface area contributed by atoms with Gasteiger partial charge in [0.2, 0.25) is 0 Å². The Kier molecular flexibility index (Phi) is 5.79. The van der Waals surface area contributed by atoms with Crippen molar-refractivity contribution in [2.45, 2.75) is 46.1 Å². The summed E-state index contributed by atoms with van der Waals surface area (Å²) in [7, 11) is 0. The second-order valence-electron chi connectivity index (χ2n) is 6.01. The van der Waals surface area contributed by atoms with E-state index in [1.807, 2.05) is 0 Å². The predicted molar refractivity (Wildman–Crippen MR) is 81.5 cm³/mol. The molecule has 22 heavy (non-hydrogen) atoms. The van der Waals surface area contributed by atoms with E-state index in [4.69, 9.17) is 5.11 Å². The SMILES string of the molecule is CC1=C(C)C(=O)C(CCC(C)(O)CNCC(=O)O)=C(C)C1=O. The number of Topliss-reactive ketones (excluding diaryl/α,β-unsaturated/α-hetero) is 2. The number of hydrogen-bond acceptors (Lipinski definition) is 5. The number of hydrogen-bond donors (Lipinski definition) is 3. The van der Waals surface area contributed by atoms with Gasteiger partial charge in [0.1, 0.15) is 0 Å². The van der Waals surface area contributed by atoms with Crippen molar-refractivity contribution >= 4 is 17.5 Å². The third-order valence-electron chi connectivity index (χ3n) is 4.01. The van der Waals surface area contributed by atoms with Crippen molar-refractivity contribution in [3.8, 4) is 0 Å². The summed E-state index contributed by atoms with van der Waals surface area (Å²) in [5, 5.41) is 21.4. The number of allylic oxidation sites excluding steroid dienone is 4. The van der Waals surface area contributed by atoms with E-state index in [0.29, 0.717) is 22.3 Å². The molecule has 0 saturated carbocycles. The van der Waals surface area contributed by atoms with Crippen molar-refractivity contribution in [1.82, 2.24) is 5.32 Å². The van der Waals surface area contributed by atoms with Crippen LogP contribution < -0.4 is 5.32 Å². The lowest BCUT2D eigenvalue weighted by molar-refractivity contribution is -0.136. The topological polar surface area (TPSA) is 104 Å². The molecule has 0 aliphatic heterocycles. The number of carbonyl (C=O) groups excluding carboxylic acids is 2. The Morgan fingerprint density at radius 2 is 1.64 bits per heavy atom. The minimum Gasteiger partial charge on any atom is -0.480 e. The molecule has 0 fully saturated rings. The van der Waals surface area contributed by atoms with Crippen molar-refractivity contribution in [3.63, 3.8) is 0 Å². The summed E-state index contributed by atoms with van der Waals surface area (Å²) in [6.07, 6.45) is 0.542. The molecule has 1 aliphatic rings. The first-order valence-electron chi connectivity index (χ1n) is 7.18. The predicted octanol–water partition coefficient (Wildman–Crippen LogP) is 0.996. The summed E-state index contributed by atoms with van der Waals surface area (Å²) in [4.78, 5) is 34.8. The van der Waals surface area contributed by atoms with Crippen LogP contribution in [-0.2, 0) is 14.4 Å². The molecule has 0 amide bonds. The molecule has 1 unspecified atom stereocenters. The maximum atomic E-state index is 12.3. The zero-order valence-corrected chi connectivity index (χ0v) is 13.4. The van der Waals surface area contributed by atoms with Crippen LogP contribution in [0.15, 0.2) is 22.3 Å². The van der Waals surface area contributed by atoms with E-state index in [0.717, 1.165) is 0 Å². The number of rotatable bonds is 7. The second-order valence-corrected chi connectivity index (χ2v) is 6.01. The molecule has 0 aromatic heterocycles. The van der Waals surface area contributed by atoms with Crippen LogP contribution in [0.5, 0.6) is 0 Å². The van der Waals surface area contributed by atoms with Gasteiger partial charge >= 0.3 is 5.97 Å². The van der Waals surface area contributed by atoms with E-state index < -0.39 is 11.6 Å². The quantitative estimate of drug-likeness (QED) is 0.606. The summed E-state index contributed by atoms with van der Waals surface area (Å²) < 4.78 is 0. The smallest absolute Gasteiger partial charge is 0.317 e. The first kappa shape index (κ1) is 18.3. The number of nitrogens with one attached hydrogen (secondary N) is 1. The number of carboxylic acids is 1. The highest BCUT2D eigenvalue weighted by molar-refractivity contribution is 6.24. The summed E-state index contributed by atoms with van der Waals surface area (Å²) in [6.45, 7) is 6.33. The minimum atomic E-state index is -1.16. The van der Waals surface area contributed by atoms with Gasteiger partial charge in [-0.15, -0.1) is 0 Å². The lowest BCUT2D eigenvalue weighted by Gasteiger charge is -2.25. The van der Waals surface area contributed by atoms with Crippen LogP contribution in [0, 0.1) is 0 Å². The number of carbonyl (C=O) groups is 3. The molecular formula is C16H23NO5. The molecule has 0 radical (unpaired) electrons. The highest BCUT2D eigenvalue weighted by Gasteiger charge is 2.29. The van der Waals surface area contributed by atoms with Gasteiger partial charge in [0, 0.05) is 28.8 Å². The number of aliphatic hydroxyl groups is 1. The molecule has 0 bridgehead atoms. The van der Waals surface area contributed by atoms with Crippen LogP contribution >= 0.6 is 0 Å². The van der Waals surface area contributed by atoms with Gasteiger partial charge in [-0.1, -0.05) is 0 Å². The first-order valence-corrected chi connectivity index (χ1v) is 7.18. The van der Waals surface area contributed by atoms with Crippen molar-refractivity contribution in [2.24, 2.45) is 0 Å². The minimum absolute atomic E-state index is 0.0988. The van der Waals surface area contributed by atoms with Gasteiger partial charge in [0.25, 0.3) is 0 Å². The fourth-order valence-corrected chi connectivity index (χ4v) is 2.38. The van der Waals surface area contributed by atoms with Gasteiger partial charge in [-0.25, -0.2) is 0 Å². The van der Waals surface area contributed by atoms with Gasteiger partial charge in [0.15, 0.2) is 11.6 Å². The van der Waals surface area contributed by atoms with Crippen molar-refractivity contribution in [2.75, 3.05) is 13.1 Å². The maximum absolute atomic E-state index is 12.3. The third-order valence-corrected chi connectivity index (χ3v) is 4.01. The van der Waals surface area contributed by atoms with Crippen LogP contribution in [0.2, 0.25) is 0 Å². The maximum Gasteiger partial charge on any atom is 0.317 e. The van der Waals surface area contributed by atoms with Gasteiger partial charge in [-0.05, 0) is 40.5 Å². The van der Waals surface area contributed by atoms with Crippen LogP contribution in [0.4, 0.5) is 0 Å². The lowest BCUT2D eigenvalue weighted by atomic mass is 9.82. The third kappa shape index (κ3) is 4.35. The molecular weight excluding hydrogens is 286 g/mol. The Hall–Kier alpha value is -1.79. The molecule has 0 saturated heterocycles. The number of aliphatic carboxylic acids is 1. The Labute approximate surface area is 129 Å². The van der Waals surface area contributed by atoms with Crippen molar-refractivity contribution in [1.29, 1.82) is 0 Å². The zero-order chi connectivity index (χ0) is 17.1. The molecule has 0 aromatic rings. The van der Waals surface area contributed by atoms with Crippen molar-refractivity contribution < 1.29 is 24.6 Å². The highest BCUT2D eigenvalue weighted by atomic mass is 16.4. The van der Waals surface area contributed by atoms with Crippen LogP contribution in [0.25, 0.3) is 0 Å². The average molecular weight is 309 g/mol. The largest absolute Gasteiger partial charge is 0.480 e. The van der Waals surface area contributed by atoms with Crippen LogP contribution in [0.3, 0.4) is 0 Å². The molecule has 0 spiro atoms. The Balaban J connectivity index is 2.72. The molecule has 6 heteroatoms. The Morgan fingerprint density at radius 3 is 2.18 bits per heavy atom. The molecule has 6 nitrogen and oxygen atoms in total. The fraction of sp³-hybridized carbons (Fsp3) is 0.562. The number of ketones is 2. The summed E-state index contributed by atoms with van der Waals surface area (Å²) in [5.74, 6) is -1.28. The van der Waals surface area contributed by atoms with E-state index in [-0.39, 0.29) is 37.5 Å². The normalized spacial score (nSPS) is 18.8. The van der Waals surface area contributed by atoms with E-state index in [1.165, 1.54) is 0 Å².